The molecule has 0 saturated heterocycles. The van der Waals surface area contributed by atoms with Crippen molar-refractivity contribution in [2.45, 2.75) is 11.8 Å². The summed E-state index contributed by atoms with van der Waals surface area (Å²) in [7, 11) is 4.54. The lowest BCUT2D eigenvalue weighted by Gasteiger charge is -2.08. The standard InChI is InChI=1S/C9H14ClN3O3/c1-14-5-6(10)4-7-11-8(15-2)13-9(12-7)16-3/h6H,4-5H2,1-3H3. The molecule has 0 aliphatic heterocycles. The number of ether oxygens (including phenoxy) is 3. The first-order valence-electron chi connectivity index (χ1n) is 4.65. The fraction of sp³-hybridized carbons (Fsp3) is 0.667. The van der Waals surface area contributed by atoms with Crippen LogP contribution in [-0.2, 0) is 11.2 Å². The van der Waals surface area contributed by atoms with E-state index in [9.17, 15) is 0 Å². The van der Waals surface area contributed by atoms with Crippen LogP contribution in [0, 0.1) is 0 Å². The fourth-order valence-electron chi connectivity index (χ4n) is 1.09. The van der Waals surface area contributed by atoms with Gasteiger partial charge in [-0.05, 0) is 0 Å². The molecule has 1 aromatic rings. The minimum absolute atomic E-state index is 0.193. The van der Waals surface area contributed by atoms with Gasteiger partial charge >= 0.3 is 12.0 Å². The molecule has 6 nitrogen and oxygen atoms in total. The first-order chi connectivity index (χ1) is 7.69. The van der Waals surface area contributed by atoms with Gasteiger partial charge in [-0.25, -0.2) is 0 Å². The maximum atomic E-state index is 6.00. The first-order valence-corrected chi connectivity index (χ1v) is 5.09. The van der Waals surface area contributed by atoms with Crippen LogP contribution in [-0.4, -0.2) is 48.3 Å². The van der Waals surface area contributed by atoms with Crippen LogP contribution in [0.5, 0.6) is 12.0 Å². The lowest BCUT2D eigenvalue weighted by atomic mass is 10.3. The van der Waals surface area contributed by atoms with E-state index in [-0.39, 0.29) is 17.4 Å². The number of alkyl halides is 1. The second-order valence-electron chi connectivity index (χ2n) is 2.98. The predicted molar refractivity (Wildman–Crippen MR) is 58.2 cm³/mol. The van der Waals surface area contributed by atoms with Crippen molar-refractivity contribution in [3.8, 4) is 12.0 Å². The Morgan fingerprint density at radius 1 is 1.06 bits per heavy atom. The summed E-state index contributed by atoms with van der Waals surface area (Å²) in [6.07, 6.45) is 0.463. The minimum atomic E-state index is -0.193. The van der Waals surface area contributed by atoms with Crippen molar-refractivity contribution in [1.82, 2.24) is 15.0 Å². The van der Waals surface area contributed by atoms with E-state index in [1.54, 1.807) is 7.11 Å². The predicted octanol–water partition coefficient (Wildman–Crippen LogP) is 0.685. The van der Waals surface area contributed by atoms with Crippen LogP contribution >= 0.6 is 11.6 Å². The second kappa shape index (κ2) is 6.44. The monoisotopic (exact) mass is 247 g/mol. The van der Waals surface area contributed by atoms with Gasteiger partial charge in [0.15, 0.2) is 0 Å². The van der Waals surface area contributed by atoms with E-state index < -0.39 is 0 Å². The Bertz CT molecular complexity index is 316. The molecule has 0 bridgehead atoms. The number of aromatic nitrogens is 3. The van der Waals surface area contributed by atoms with Gasteiger partial charge in [0, 0.05) is 13.5 Å². The van der Waals surface area contributed by atoms with Gasteiger partial charge in [-0.3, -0.25) is 0 Å². The summed E-state index contributed by atoms with van der Waals surface area (Å²) in [6, 6.07) is 0.422. The van der Waals surface area contributed by atoms with E-state index in [4.69, 9.17) is 25.8 Å². The van der Waals surface area contributed by atoms with Crippen molar-refractivity contribution in [2.24, 2.45) is 0 Å². The van der Waals surface area contributed by atoms with E-state index >= 15 is 0 Å². The van der Waals surface area contributed by atoms with Gasteiger partial charge in [0.1, 0.15) is 5.82 Å². The number of hydrogen-bond donors (Lipinski definition) is 0. The summed E-state index contributed by atoms with van der Waals surface area (Å²) < 4.78 is 14.8. The van der Waals surface area contributed by atoms with Crippen molar-refractivity contribution >= 4 is 11.6 Å². The third kappa shape index (κ3) is 3.79. The summed E-state index contributed by atoms with van der Waals surface area (Å²) in [5.74, 6) is 0.515. The molecular weight excluding hydrogens is 234 g/mol. The molecular formula is C9H14ClN3O3. The quantitative estimate of drug-likeness (QED) is 0.689. The molecule has 0 aliphatic carbocycles. The lowest BCUT2D eigenvalue weighted by molar-refractivity contribution is 0.197. The Hall–Kier alpha value is -1.14. The minimum Gasteiger partial charge on any atom is -0.467 e. The van der Waals surface area contributed by atoms with Crippen molar-refractivity contribution < 1.29 is 14.2 Å². The fourth-order valence-corrected chi connectivity index (χ4v) is 1.35. The van der Waals surface area contributed by atoms with Crippen LogP contribution in [0.25, 0.3) is 0 Å². The Morgan fingerprint density at radius 2 is 1.62 bits per heavy atom. The molecule has 1 rings (SSSR count). The lowest BCUT2D eigenvalue weighted by Crippen LogP contribution is -2.14. The molecule has 0 spiro atoms. The number of halogens is 1. The molecule has 1 unspecified atom stereocenters. The van der Waals surface area contributed by atoms with Crippen molar-refractivity contribution in [3.63, 3.8) is 0 Å². The molecule has 1 aromatic heterocycles. The Balaban J connectivity index is 2.78. The van der Waals surface area contributed by atoms with Crippen LogP contribution in [0.15, 0.2) is 0 Å². The highest BCUT2D eigenvalue weighted by Crippen LogP contribution is 2.12. The second-order valence-corrected chi connectivity index (χ2v) is 3.60. The smallest absolute Gasteiger partial charge is 0.322 e. The maximum Gasteiger partial charge on any atom is 0.322 e. The van der Waals surface area contributed by atoms with Crippen LogP contribution in [0.2, 0.25) is 0 Å². The number of hydrogen-bond acceptors (Lipinski definition) is 6. The molecule has 0 N–H and O–H groups in total. The number of rotatable bonds is 6. The average Bonchev–Trinajstić information content (AvgIpc) is 2.28. The molecule has 0 aromatic carbocycles. The summed E-state index contributed by atoms with van der Waals surface area (Å²) in [4.78, 5) is 12.0. The molecule has 7 heteroatoms. The Kier molecular flexibility index (Phi) is 5.21. The zero-order valence-corrected chi connectivity index (χ0v) is 10.2. The molecule has 0 radical (unpaired) electrons. The van der Waals surface area contributed by atoms with Gasteiger partial charge in [-0.2, -0.15) is 9.97 Å². The summed E-state index contributed by atoms with van der Waals surface area (Å²) >= 11 is 6.00. The third-order valence-corrected chi connectivity index (χ3v) is 2.04. The summed E-state index contributed by atoms with van der Waals surface area (Å²) in [5, 5.41) is -0.193. The topological polar surface area (TPSA) is 66.4 Å². The average molecular weight is 248 g/mol. The van der Waals surface area contributed by atoms with E-state index in [1.807, 2.05) is 0 Å². The Labute approximate surface area is 98.9 Å². The molecule has 0 saturated carbocycles. The molecule has 90 valence electrons. The van der Waals surface area contributed by atoms with Gasteiger partial charge in [0.05, 0.1) is 26.2 Å². The van der Waals surface area contributed by atoms with Crippen LogP contribution in [0.4, 0.5) is 0 Å². The van der Waals surface area contributed by atoms with Crippen molar-refractivity contribution in [3.05, 3.63) is 5.82 Å². The Morgan fingerprint density at radius 3 is 2.06 bits per heavy atom. The SMILES string of the molecule is COCC(Cl)Cc1nc(OC)nc(OC)n1. The van der Waals surface area contributed by atoms with Gasteiger partial charge < -0.3 is 14.2 Å². The zero-order valence-electron chi connectivity index (χ0n) is 9.44. The highest BCUT2D eigenvalue weighted by molar-refractivity contribution is 6.20. The van der Waals surface area contributed by atoms with Gasteiger partial charge in [-0.1, -0.05) is 0 Å². The van der Waals surface area contributed by atoms with E-state index in [0.717, 1.165) is 0 Å². The highest BCUT2D eigenvalue weighted by atomic mass is 35.5. The van der Waals surface area contributed by atoms with Crippen molar-refractivity contribution in [1.29, 1.82) is 0 Å². The molecule has 0 fully saturated rings. The zero-order chi connectivity index (χ0) is 12.0. The molecule has 16 heavy (non-hydrogen) atoms. The largest absolute Gasteiger partial charge is 0.467 e. The van der Waals surface area contributed by atoms with Crippen molar-refractivity contribution in [2.75, 3.05) is 27.9 Å². The van der Waals surface area contributed by atoms with E-state index in [2.05, 4.69) is 15.0 Å². The summed E-state index contributed by atoms with van der Waals surface area (Å²) in [5.41, 5.74) is 0. The highest BCUT2D eigenvalue weighted by Gasteiger charge is 2.12. The summed E-state index contributed by atoms with van der Waals surface area (Å²) in [6.45, 7) is 0.428. The van der Waals surface area contributed by atoms with Gasteiger partial charge in [0.25, 0.3) is 0 Å². The van der Waals surface area contributed by atoms with E-state index in [0.29, 0.717) is 18.9 Å². The normalized spacial score (nSPS) is 12.2. The van der Waals surface area contributed by atoms with Gasteiger partial charge in [0.2, 0.25) is 0 Å². The number of nitrogens with zero attached hydrogens (tertiary/aromatic N) is 3. The molecule has 0 aliphatic rings. The van der Waals surface area contributed by atoms with Crippen LogP contribution < -0.4 is 9.47 Å². The number of methoxy groups -OCH3 is 3. The third-order valence-electron chi connectivity index (χ3n) is 1.76. The van der Waals surface area contributed by atoms with Crippen LogP contribution in [0.3, 0.4) is 0 Å². The van der Waals surface area contributed by atoms with Gasteiger partial charge in [-0.15, -0.1) is 16.6 Å². The van der Waals surface area contributed by atoms with Crippen LogP contribution in [0.1, 0.15) is 5.82 Å². The van der Waals surface area contributed by atoms with E-state index in [1.165, 1.54) is 14.2 Å². The molecule has 0 amide bonds. The molecule has 1 atom stereocenters. The molecule has 1 heterocycles. The first kappa shape index (κ1) is 12.9. The maximum absolute atomic E-state index is 6.00.